The van der Waals surface area contributed by atoms with Gasteiger partial charge in [-0.2, -0.15) is 0 Å². The van der Waals surface area contributed by atoms with Crippen LogP contribution >= 0.6 is 0 Å². The zero-order valence-electron chi connectivity index (χ0n) is 7.59. The minimum absolute atomic E-state index is 0.639. The molecule has 0 unspecified atom stereocenters. The van der Waals surface area contributed by atoms with E-state index in [1.807, 2.05) is 32.1 Å². The maximum absolute atomic E-state index is 6.32. The molecule has 3 N–H and O–H groups in total. The van der Waals surface area contributed by atoms with Crippen LogP contribution in [0.1, 0.15) is 6.42 Å². The molecule has 0 aromatic heterocycles. The van der Waals surface area contributed by atoms with Crippen LogP contribution < -0.4 is 5.73 Å². The summed E-state index contributed by atoms with van der Waals surface area (Å²) < 4.78 is 0. The van der Waals surface area contributed by atoms with E-state index in [9.17, 15) is 0 Å². The molecule has 0 spiro atoms. The molecule has 0 fully saturated rings. The Morgan fingerprint density at radius 2 is 1.91 bits per heavy atom. The van der Waals surface area contributed by atoms with E-state index in [1.165, 1.54) is 0 Å². The minimum Gasteiger partial charge on any atom is -0.330 e. The van der Waals surface area contributed by atoms with Gasteiger partial charge in [0, 0.05) is 0 Å². The highest BCUT2D eigenvalue weighted by atomic mass is 15.0. The topological polar surface area (TPSA) is 65.5 Å². The van der Waals surface area contributed by atoms with Crippen molar-refractivity contribution < 1.29 is 0 Å². The van der Waals surface area contributed by atoms with Gasteiger partial charge in [-0.05, 0) is 34.1 Å². The summed E-state index contributed by atoms with van der Waals surface area (Å²) in [5.74, 6) is 0. The summed E-state index contributed by atoms with van der Waals surface area (Å²) in [6.07, 6.45) is 0.853. The van der Waals surface area contributed by atoms with Gasteiger partial charge in [-0.15, -0.1) is 0 Å². The van der Waals surface area contributed by atoms with Crippen molar-refractivity contribution in [3.05, 3.63) is 0 Å². The van der Waals surface area contributed by atoms with E-state index in [-0.39, 0.29) is 0 Å². The molecule has 0 saturated carbocycles. The first kappa shape index (κ1) is 12.9. The van der Waals surface area contributed by atoms with E-state index in [0.717, 1.165) is 6.42 Å². The number of rotatable bonds is 3. The van der Waals surface area contributed by atoms with Crippen molar-refractivity contribution in [2.75, 3.05) is 34.2 Å². The Kier molecular flexibility index (Phi) is 14.1. The second kappa shape index (κ2) is 12.0. The summed E-state index contributed by atoms with van der Waals surface area (Å²) in [5.41, 5.74) is 5.12. The van der Waals surface area contributed by atoms with Crippen LogP contribution in [0, 0.1) is 5.41 Å². The van der Waals surface area contributed by atoms with Gasteiger partial charge in [-0.25, -0.2) is 10.4 Å². The Morgan fingerprint density at radius 1 is 1.45 bits per heavy atom. The maximum atomic E-state index is 6.32. The van der Waals surface area contributed by atoms with Crippen LogP contribution in [-0.2, 0) is 0 Å². The van der Waals surface area contributed by atoms with Crippen molar-refractivity contribution in [1.82, 2.24) is 4.90 Å². The van der Waals surface area contributed by atoms with Gasteiger partial charge in [0.25, 0.3) is 0 Å². The summed E-state index contributed by atoms with van der Waals surface area (Å²) in [6.45, 7) is 1.28. The molecule has 0 saturated heterocycles. The molecular formula is C7H18N4. The molecule has 11 heavy (non-hydrogen) atoms. The number of nitrogens with one attached hydrogen (secondary N) is 1. The highest BCUT2D eigenvalue weighted by molar-refractivity contribution is 5.35. The molecule has 66 valence electrons. The summed E-state index contributed by atoms with van der Waals surface area (Å²) >= 11 is 0. The monoisotopic (exact) mass is 158 g/mol. The molecule has 0 aliphatic carbocycles. The van der Waals surface area contributed by atoms with Crippen LogP contribution in [0.3, 0.4) is 0 Å². The Balaban J connectivity index is 0. The fourth-order valence-electron chi connectivity index (χ4n) is 0.226. The van der Waals surface area contributed by atoms with Gasteiger partial charge >= 0.3 is 0 Å². The molecule has 4 heteroatoms. The summed E-state index contributed by atoms with van der Waals surface area (Å²) in [5, 5.41) is 6.32. The van der Waals surface area contributed by atoms with Gasteiger partial charge in [0.2, 0.25) is 0 Å². The molecule has 0 aromatic rings. The van der Waals surface area contributed by atoms with E-state index in [4.69, 9.17) is 11.1 Å². The molecule has 0 aliphatic rings. The molecule has 4 nitrogen and oxygen atoms in total. The van der Waals surface area contributed by atoms with Gasteiger partial charge in [-0.1, -0.05) is 0 Å². The predicted molar refractivity (Wildman–Crippen MR) is 48.3 cm³/mol. The first-order valence-corrected chi connectivity index (χ1v) is 3.54. The van der Waals surface area contributed by atoms with Crippen molar-refractivity contribution in [2.45, 2.75) is 6.42 Å². The first-order chi connectivity index (χ1) is 5.15. The largest absolute Gasteiger partial charge is 0.330 e. The van der Waals surface area contributed by atoms with Crippen molar-refractivity contribution >= 4 is 6.01 Å². The lowest BCUT2D eigenvalue weighted by Gasteiger charge is -1.90. The number of aliphatic imine (C=N–C) groups is 1. The third-order valence-electron chi connectivity index (χ3n) is 0.553. The lowest BCUT2D eigenvalue weighted by molar-refractivity contribution is 0.505. The van der Waals surface area contributed by atoms with Crippen molar-refractivity contribution in [3.63, 3.8) is 0 Å². The molecule has 0 atom stereocenters. The predicted octanol–water partition coefficient (Wildman–Crippen LogP) is 0.266. The maximum Gasteiger partial charge on any atom is 0.0861 e. The number of nitrogens with zero attached hydrogens (tertiary/aromatic N) is 2. The number of hydrogen-bond donors (Lipinski definition) is 2. The summed E-state index contributed by atoms with van der Waals surface area (Å²) in [7, 11) is 6.00. The molecule has 0 aromatic carbocycles. The average Bonchev–Trinajstić information content (AvgIpc) is 1.88. The third-order valence-corrected chi connectivity index (χ3v) is 0.553. The van der Waals surface area contributed by atoms with Crippen LogP contribution in [0.4, 0.5) is 0 Å². The summed E-state index contributed by atoms with van der Waals surface area (Å²) in [6, 6.07) is 1.92. The highest BCUT2D eigenvalue weighted by Gasteiger charge is 1.73. The van der Waals surface area contributed by atoms with Gasteiger partial charge in [-0.3, -0.25) is 0 Å². The Hall–Kier alpha value is -0.700. The van der Waals surface area contributed by atoms with E-state index in [2.05, 4.69) is 4.99 Å². The molecule has 0 amide bonds. The molecule has 0 rings (SSSR count). The van der Waals surface area contributed by atoms with E-state index >= 15 is 0 Å². The number of hydrogen-bond acceptors (Lipinski definition) is 4. The van der Waals surface area contributed by atoms with Crippen molar-refractivity contribution in [1.29, 1.82) is 5.41 Å². The SMILES string of the molecule is CN(C)C.N=C=NCCCN. The Bertz CT molecular complexity index is 102. The number of nitrogens with two attached hydrogens (primary N) is 1. The minimum atomic E-state index is 0.639. The van der Waals surface area contributed by atoms with Crippen LogP contribution in [0.5, 0.6) is 0 Å². The van der Waals surface area contributed by atoms with Crippen molar-refractivity contribution in [3.8, 4) is 0 Å². The van der Waals surface area contributed by atoms with Crippen LogP contribution in [0.15, 0.2) is 4.99 Å². The highest BCUT2D eigenvalue weighted by Crippen LogP contribution is 1.71. The Morgan fingerprint density at radius 3 is 2.18 bits per heavy atom. The lowest BCUT2D eigenvalue weighted by Crippen LogP contribution is -1.99. The van der Waals surface area contributed by atoms with Gasteiger partial charge in [0.05, 0.1) is 12.6 Å². The zero-order chi connectivity index (χ0) is 9.11. The second-order valence-electron chi connectivity index (χ2n) is 2.48. The van der Waals surface area contributed by atoms with Crippen LogP contribution in [0.2, 0.25) is 0 Å². The van der Waals surface area contributed by atoms with Gasteiger partial charge in [0.15, 0.2) is 0 Å². The molecule has 0 aliphatic heterocycles. The first-order valence-electron chi connectivity index (χ1n) is 3.54. The van der Waals surface area contributed by atoms with Gasteiger partial charge < -0.3 is 10.6 Å². The van der Waals surface area contributed by atoms with Crippen LogP contribution in [-0.4, -0.2) is 45.1 Å². The molecule has 0 heterocycles. The van der Waals surface area contributed by atoms with Crippen LogP contribution in [0.25, 0.3) is 0 Å². The van der Waals surface area contributed by atoms with E-state index < -0.39 is 0 Å². The zero-order valence-corrected chi connectivity index (χ0v) is 7.59. The normalized spacial score (nSPS) is 8.09. The Labute approximate surface area is 68.6 Å². The smallest absolute Gasteiger partial charge is 0.0861 e. The molecule has 0 radical (unpaired) electrons. The quantitative estimate of drug-likeness (QED) is 0.457. The fraction of sp³-hybridized carbons (Fsp3) is 0.857. The molecular weight excluding hydrogens is 140 g/mol. The van der Waals surface area contributed by atoms with Gasteiger partial charge in [0.1, 0.15) is 0 Å². The standard InChI is InChI=1S/C4H9N3.C3H9N/c5-2-1-3-7-4-6;1-4(2)3/h6H,1-3,5H2;1-3H3. The lowest BCUT2D eigenvalue weighted by atomic mass is 10.4. The fourth-order valence-corrected chi connectivity index (χ4v) is 0.226. The van der Waals surface area contributed by atoms with E-state index in [1.54, 1.807) is 0 Å². The average molecular weight is 158 g/mol. The third kappa shape index (κ3) is 45.5. The molecule has 0 bridgehead atoms. The summed E-state index contributed by atoms with van der Waals surface area (Å²) in [4.78, 5) is 5.50. The van der Waals surface area contributed by atoms with E-state index in [0.29, 0.717) is 13.1 Å². The van der Waals surface area contributed by atoms with Crippen molar-refractivity contribution in [2.24, 2.45) is 10.7 Å². The second-order valence-corrected chi connectivity index (χ2v) is 2.48.